The van der Waals surface area contributed by atoms with Crippen molar-refractivity contribution in [3.05, 3.63) is 16.8 Å². The number of nitrogens with zero attached hydrogens (tertiary/aromatic N) is 3. The van der Waals surface area contributed by atoms with Crippen LogP contribution in [-0.4, -0.2) is 53.8 Å². The third-order valence-corrected chi connectivity index (χ3v) is 3.94. The molecule has 0 radical (unpaired) electrons. The number of urea groups is 1. The highest BCUT2D eigenvalue weighted by atomic mass is 35.5. The summed E-state index contributed by atoms with van der Waals surface area (Å²) < 4.78 is 5.23. The van der Waals surface area contributed by atoms with E-state index >= 15 is 0 Å². The number of halogens is 1. The van der Waals surface area contributed by atoms with Crippen LogP contribution in [0.4, 0.5) is 10.6 Å². The molecule has 1 fully saturated rings. The normalized spacial score (nSPS) is 16.0. The average molecular weight is 356 g/mol. The molecule has 2 N–H and O–H groups in total. The molecule has 24 heavy (non-hydrogen) atoms. The van der Waals surface area contributed by atoms with Crippen molar-refractivity contribution in [3.63, 3.8) is 0 Å². The lowest BCUT2D eigenvalue weighted by molar-refractivity contribution is -0.123. The standard InChI is InChI=1S/C15H22ClN5O3/c1-15(2,3)13(22)18-11-7-9(12(16)20-19-11)10(8-24-4)21-6-5-17-14(21)23/h7,10H,5-6,8H2,1-4H3,(H,17,23)(H,18,19,22). The van der Waals surface area contributed by atoms with Gasteiger partial charge in [0.25, 0.3) is 0 Å². The van der Waals surface area contributed by atoms with Gasteiger partial charge in [0.15, 0.2) is 11.0 Å². The maximum absolute atomic E-state index is 12.1. The highest BCUT2D eigenvalue weighted by molar-refractivity contribution is 6.30. The van der Waals surface area contributed by atoms with Gasteiger partial charge in [0.05, 0.1) is 12.6 Å². The molecule has 1 aromatic heterocycles. The zero-order valence-corrected chi connectivity index (χ0v) is 15.0. The van der Waals surface area contributed by atoms with Gasteiger partial charge in [-0.2, -0.15) is 0 Å². The van der Waals surface area contributed by atoms with E-state index in [0.29, 0.717) is 18.7 Å². The van der Waals surface area contributed by atoms with Gasteiger partial charge in [0.2, 0.25) is 5.91 Å². The summed E-state index contributed by atoms with van der Waals surface area (Å²) in [6, 6.07) is 1.03. The van der Waals surface area contributed by atoms with Gasteiger partial charge in [0, 0.05) is 31.2 Å². The Labute approximate surface area is 145 Å². The minimum absolute atomic E-state index is 0.172. The molecule has 2 heterocycles. The maximum atomic E-state index is 12.1. The summed E-state index contributed by atoms with van der Waals surface area (Å²) in [5, 5.41) is 13.4. The predicted octanol–water partition coefficient (Wildman–Crippen LogP) is 1.83. The van der Waals surface area contributed by atoms with Crippen LogP contribution in [0.15, 0.2) is 6.07 Å². The second-order valence-corrected chi connectivity index (χ2v) is 6.93. The topological polar surface area (TPSA) is 96.4 Å². The molecule has 132 valence electrons. The van der Waals surface area contributed by atoms with Gasteiger partial charge in [-0.15, -0.1) is 10.2 Å². The van der Waals surface area contributed by atoms with Crippen LogP contribution in [-0.2, 0) is 9.53 Å². The predicted molar refractivity (Wildman–Crippen MR) is 89.8 cm³/mol. The summed E-state index contributed by atoms with van der Waals surface area (Å²) in [6.07, 6.45) is 0. The fourth-order valence-electron chi connectivity index (χ4n) is 2.28. The lowest BCUT2D eigenvalue weighted by Crippen LogP contribution is -2.35. The van der Waals surface area contributed by atoms with E-state index in [1.54, 1.807) is 38.8 Å². The van der Waals surface area contributed by atoms with Gasteiger partial charge in [0.1, 0.15) is 0 Å². The summed E-state index contributed by atoms with van der Waals surface area (Å²) in [6.45, 7) is 6.75. The van der Waals surface area contributed by atoms with Crippen LogP contribution in [0.5, 0.6) is 0 Å². The summed E-state index contributed by atoms with van der Waals surface area (Å²) in [5.74, 6) is 0.0994. The Kier molecular flexibility index (Phi) is 5.61. The number of carbonyl (C=O) groups excluding carboxylic acids is 2. The minimum Gasteiger partial charge on any atom is -0.382 e. The van der Waals surface area contributed by atoms with Crippen LogP contribution in [0.3, 0.4) is 0 Å². The fourth-order valence-corrected chi connectivity index (χ4v) is 2.50. The molecule has 1 aliphatic rings. The monoisotopic (exact) mass is 355 g/mol. The number of rotatable bonds is 5. The second-order valence-electron chi connectivity index (χ2n) is 6.58. The fraction of sp³-hybridized carbons (Fsp3) is 0.600. The number of hydrogen-bond acceptors (Lipinski definition) is 5. The summed E-state index contributed by atoms with van der Waals surface area (Å²) in [5.41, 5.74) is 0.0113. The first kappa shape index (κ1) is 18.4. The second kappa shape index (κ2) is 7.31. The number of amides is 3. The smallest absolute Gasteiger partial charge is 0.318 e. The lowest BCUT2D eigenvalue weighted by Gasteiger charge is -2.27. The molecular weight excluding hydrogens is 334 g/mol. The van der Waals surface area contributed by atoms with Crippen molar-refractivity contribution in [2.45, 2.75) is 26.8 Å². The molecule has 2 rings (SSSR count). The maximum Gasteiger partial charge on any atom is 0.318 e. The molecule has 0 bridgehead atoms. The average Bonchev–Trinajstić information content (AvgIpc) is 2.92. The molecule has 0 aliphatic carbocycles. The van der Waals surface area contributed by atoms with Crippen LogP contribution >= 0.6 is 11.6 Å². The summed E-state index contributed by atoms with van der Waals surface area (Å²) >= 11 is 6.18. The van der Waals surface area contributed by atoms with E-state index in [0.717, 1.165) is 0 Å². The van der Waals surface area contributed by atoms with Crippen molar-refractivity contribution in [2.24, 2.45) is 5.41 Å². The first-order valence-electron chi connectivity index (χ1n) is 7.62. The third-order valence-electron chi connectivity index (χ3n) is 3.65. The summed E-state index contributed by atoms with van der Waals surface area (Å²) in [7, 11) is 1.55. The van der Waals surface area contributed by atoms with Crippen LogP contribution in [0.1, 0.15) is 32.4 Å². The molecule has 0 saturated carbocycles. The summed E-state index contributed by atoms with van der Waals surface area (Å²) in [4.78, 5) is 25.7. The number of aromatic nitrogens is 2. The number of hydrogen-bond donors (Lipinski definition) is 2. The molecule has 1 aromatic rings. The first-order valence-corrected chi connectivity index (χ1v) is 8.00. The highest BCUT2D eigenvalue weighted by Gasteiger charge is 2.31. The van der Waals surface area contributed by atoms with Crippen LogP contribution in [0.2, 0.25) is 5.15 Å². The molecule has 0 aromatic carbocycles. The van der Waals surface area contributed by atoms with Crippen molar-refractivity contribution in [1.29, 1.82) is 0 Å². The third kappa shape index (κ3) is 4.12. The van der Waals surface area contributed by atoms with E-state index in [4.69, 9.17) is 16.3 Å². The van der Waals surface area contributed by atoms with Gasteiger partial charge in [-0.25, -0.2) is 4.79 Å². The molecule has 8 nitrogen and oxygen atoms in total. The minimum atomic E-state index is -0.567. The first-order chi connectivity index (χ1) is 11.2. The number of ether oxygens (including phenoxy) is 1. The quantitative estimate of drug-likeness (QED) is 0.839. The Morgan fingerprint density at radius 3 is 2.75 bits per heavy atom. The Hall–Kier alpha value is -1.93. The number of carbonyl (C=O) groups is 2. The Morgan fingerprint density at radius 2 is 2.21 bits per heavy atom. The van der Waals surface area contributed by atoms with Crippen LogP contribution in [0.25, 0.3) is 0 Å². The SMILES string of the molecule is COCC(c1cc(NC(=O)C(C)(C)C)nnc1Cl)N1CCNC1=O. The molecule has 1 saturated heterocycles. The van der Waals surface area contributed by atoms with E-state index in [1.807, 2.05) is 0 Å². The number of anilines is 1. The van der Waals surface area contributed by atoms with Crippen molar-refractivity contribution in [1.82, 2.24) is 20.4 Å². The molecule has 1 unspecified atom stereocenters. The Bertz CT molecular complexity index is 632. The highest BCUT2D eigenvalue weighted by Crippen LogP contribution is 2.29. The van der Waals surface area contributed by atoms with Crippen molar-refractivity contribution in [3.8, 4) is 0 Å². The molecule has 1 aliphatic heterocycles. The van der Waals surface area contributed by atoms with E-state index in [2.05, 4.69) is 20.8 Å². The van der Waals surface area contributed by atoms with Crippen molar-refractivity contribution in [2.75, 3.05) is 32.1 Å². The van der Waals surface area contributed by atoms with Crippen molar-refractivity contribution >= 4 is 29.4 Å². The largest absolute Gasteiger partial charge is 0.382 e. The van der Waals surface area contributed by atoms with Gasteiger partial charge in [-0.05, 0) is 6.07 Å². The molecular formula is C15H22ClN5O3. The molecule has 9 heteroatoms. The molecule has 0 spiro atoms. The number of methoxy groups -OCH3 is 1. The lowest BCUT2D eigenvalue weighted by atomic mass is 9.96. The Morgan fingerprint density at radius 1 is 1.50 bits per heavy atom. The van der Waals surface area contributed by atoms with Crippen LogP contribution < -0.4 is 10.6 Å². The zero-order valence-electron chi connectivity index (χ0n) is 14.2. The zero-order chi connectivity index (χ0) is 17.9. The van der Waals surface area contributed by atoms with Gasteiger partial charge in [-0.1, -0.05) is 32.4 Å². The van der Waals surface area contributed by atoms with Gasteiger partial charge < -0.3 is 20.3 Å². The van der Waals surface area contributed by atoms with Gasteiger partial charge >= 0.3 is 6.03 Å². The molecule has 3 amide bonds. The van der Waals surface area contributed by atoms with Crippen LogP contribution in [0, 0.1) is 5.41 Å². The van der Waals surface area contributed by atoms with Crippen molar-refractivity contribution < 1.29 is 14.3 Å². The van der Waals surface area contributed by atoms with E-state index in [1.165, 1.54) is 0 Å². The van der Waals surface area contributed by atoms with Gasteiger partial charge in [-0.3, -0.25) is 4.79 Å². The van der Waals surface area contributed by atoms with E-state index < -0.39 is 11.5 Å². The Balaban J connectivity index is 2.31. The molecule has 1 atom stereocenters. The van der Waals surface area contributed by atoms with E-state index in [9.17, 15) is 9.59 Å². The van der Waals surface area contributed by atoms with E-state index in [-0.39, 0.29) is 29.5 Å². The number of nitrogens with one attached hydrogen (secondary N) is 2.